The number of allylic oxidation sites excluding steroid dienone is 1. The number of ether oxygens (including phenoxy) is 1. The van der Waals surface area contributed by atoms with Gasteiger partial charge in [0.1, 0.15) is 12.7 Å². The highest BCUT2D eigenvalue weighted by Crippen LogP contribution is 2.32. The van der Waals surface area contributed by atoms with Gasteiger partial charge in [0.15, 0.2) is 11.6 Å². The fourth-order valence-corrected chi connectivity index (χ4v) is 4.44. The molecule has 0 spiro atoms. The Labute approximate surface area is 199 Å². The maximum Gasteiger partial charge on any atom is 0.303 e. The Hall–Kier alpha value is -2.77. The van der Waals surface area contributed by atoms with Gasteiger partial charge in [-0.25, -0.2) is 4.39 Å². The van der Waals surface area contributed by atoms with E-state index in [1.54, 1.807) is 6.08 Å². The van der Waals surface area contributed by atoms with E-state index in [4.69, 9.17) is 9.84 Å². The van der Waals surface area contributed by atoms with E-state index in [2.05, 4.69) is 43.4 Å². The van der Waals surface area contributed by atoms with E-state index >= 15 is 0 Å². The van der Waals surface area contributed by atoms with Crippen LogP contribution < -0.4 is 10.1 Å². The number of carboxylic acid groups (broad SMARTS) is 1. The van der Waals surface area contributed by atoms with Gasteiger partial charge in [-0.05, 0) is 74.3 Å². The molecule has 3 N–H and O–H groups in total. The summed E-state index contributed by atoms with van der Waals surface area (Å²) in [6.07, 6.45) is 5.47. The highest BCUT2D eigenvalue weighted by atomic mass is 19.2. The number of halogens is 2. The van der Waals surface area contributed by atoms with Crippen molar-refractivity contribution < 1.29 is 28.5 Å². The summed E-state index contributed by atoms with van der Waals surface area (Å²) in [5.74, 6) is -2.87. The molecule has 1 aliphatic carbocycles. The molecule has 184 valence electrons. The van der Waals surface area contributed by atoms with Gasteiger partial charge in [-0.1, -0.05) is 36.4 Å². The number of aliphatic hydroxyl groups is 1. The van der Waals surface area contributed by atoms with Crippen molar-refractivity contribution in [2.24, 2.45) is 5.92 Å². The second-order valence-corrected chi connectivity index (χ2v) is 9.63. The predicted molar refractivity (Wildman–Crippen MR) is 128 cm³/mol. The second-order valence-electron chi connectivity index (χ2n) is 9.63. The van der Waals surface area contributed by atoms with Gasteiger partial charge in [0, 0.05) is 18.5 Å². The van der Waals surface area contributed by atoms with Crippen LogP contribution >= 0.6 is 0 Å². The van der Waals surface area contributed by atoms with E-state index in [1.165, 1.54) is 23.3 Å². The van der Waals surface area contributed by atoms with Crippen LogP contribution in [-0.4, -0.2) is 41.0 Å². The lowest BCUT2D eigenvalue weighted by molar-refractivity contribution is -0.136. The molecule has 5 nitrogen and oxygen atoms in total. The van der Waals surface area contributed by atoms with Gasteiger partial charge in [0.25, 0.3) is 0 Å². The fourth-order valence-electron chi connectivity index (χ4n) is 4.44. The lowest BCUT2D eigenvalue weighted by atomic mass is 9.88. The molecule has 2 aromatic rings. The minimum absolute atomic E-state index is 0.0489. The SMILES string of the molecule is CC(C)(CC1Cc2ccccc2C1)NC[C@@H](O)COc1cc(/C=C/CCC(=O)O)cc(F)c1F. The standard InChI is InChI=1S/C27H33F2NO4/c1-27(2,15-19-11-20-8-4-5-9-21(20)12-19)30-16-22(31)17-34-24-14-18(13-23(28)26(24)29)7-3-6-10-25(32)33/h3-5,7-9,13-14,19,22,30-31H,6,10-12,15-17H2,1-2H3,(H,32,33)/b7-3+/t22-/m1/s1. The molecule has 2 aromatic carbocycles. The zero-order valence-electron chi connectivity index (χ0n) is 19.7. The molecule has 7 heteroatoms. The number of hydrogen-bond donors (Lipinski definition) is 3. The molecular formula is C27H33F2NO4. The van der Waals surface area contributed by atoms with Gasteiger partial charge in [-0.3, -0.25) is 4.79 Å². The van der Waals surface area contributed by atoms with Crippen molar-refractivity contribution in [2.75, 3.05) is 13.2 Å². The maximum atomic E-state index is 14.1. The van der Waals surface area contributed by atoms with E-state index in [0.29, 0.717) is 11.5 Å². The Balaban J connectivity index is 1.47. The van der Waals surface area contributed by atoms with Gasteiger partial charge in [-0.2, -0.15) is 4.39 Å². The zero-order chi connectivity index (χ0) is 24.7. The summed E-state index contributed by atoms with van der Waals surface area (Å²) in [4.78, 5) is 10.6. The Morgan fingerprint density at radius 2 is 1.91 bits per heavy atom. The van der Waals surface area contributed by atoms with Crippen LogP contribution in [0.2, 0.25) is 0 Å². The van der Waals surface area contributed by atoms with E-state index < -0.39 is 23.7 Å². The number of fused-ring (bicyclic) bond motifs is 1. The zero-order valence-corrected chi connectivity index (χ0v) is 19.7. The molecule has 0 saturated carbocycles. The molecule has 0 aliphatic heterocycles. The van der Waals surface area contributed by atoms with Crippen LogP contribution in [0, 0.1) is 17.6 Å². The molecule has 0 unspecified atom stereocenters. The smallest absolute Gasteiger partial charge is 0.303 e. The summed E-state index contributed by atoms with van der Waals surface area (Å²) in [5, 5.41) is 22.4. The number of rotatable bonds is 12. The van der Waals surface area contributed by atoms with Crippen molar-refractivity contribution >= 4 is 12.0 Å². The monoisotopic (exact) mass is 473 g/mol. The Morgan fingerprint density at radius 3 is 2.56 bits per heavy atom. The Kier molecular flexibility index (Phi) is 8.80. The third-order valence-corrected chi connectivity index (χ3v) is 6.03. The molecule has 0 aromatic heterocycles. The minimum Gasteiger partial charge on any atom is -0.488 e. The highest BCUT2D eigenvalue weighted by Gasteiger charge is 2.28. The summed E-state index contributed by atoms with van der Waals surface area (Å²) in [6.45, 7) is 4.25. The van der Waals surface area contributed by atoms with Crippen LogP contribution in [0.15, 0.2) is 42.5 Å². The Bertz CT molecular complexity index is 997. The number of hydrogen-bond acceptors (Lipinski definition) is 4. The van der Waals surface area contributed by atoms with Gasteiger partial charge in [0.2, 0.25) is 5.82 Å². The van der Waals surface area contributed by atoms with Crippen LogP contribution in [0.3, 0.4) is 0 Å². The largest absolute Gasteiger partial charge is 0.488 e. The summed E-state index contributed by atoms with van der Waals surface area (Å²) in [5.41, 5.74) is 2.96. The third-order valence-electron chi connectivity index (χ3n) is 6.03. The van der Waals surface area contributed by atoms with Crippen LogP contribution in [0.1, 0.15) is 49.8 Å². The number of β-amino-alcohol motifs (C(OH)–C–C–N with tert-alkyl or cyclic N) is 1. The molecule has 1 aliphatic rings. The quantitative estimate of drug-likeness (QED) is 0.414. The molecule has 0 heterocycles. The van der Waals surface area contributed by atoms with E-state index in [0.717, 1.165) is 25.3 Å². The topological polar surface area (TPSA) is 78.8 Å². The van der Waals surface area contributed by atoms with Crippen molar-refractivity contribution in [1.82, 2.24) is 5.32 Å². The summed E-state index contributed by atoms with van der Waals surface area (Å²) < 4.78 is 33.5. The lowest BCUT2D eigenvalue weighted by Gasteiger charge is -2.30. The molecule has 0 saturated heterocycles. The highest BCUT2D eigenvalue weighted by molar-refractivity contribution is 5.67. The van der Waals surface area contributed by atoms with E-state index in [-0.39, 0.29) is 37.3 Å². The summed E-state index contributed by atoms with van der Waals surface area (Å²) in [6, 6.07) is 10.8. The average molecular weight is 474 g/mol. The van der Waals surface area contributed by atoms with Gasteiger partial charge in [-0.15, -0.1) is 0 Å². The molecule has 34 heavy (non-hydrogen) atoms. The first-order valence-electron chi connectivity index (χ1n) is 11.6. The number of carboxylic acids is 1. The van der Waals surface area contributed by atoms with Crippen LogP contribution in [0.5, 0.6) is 5.75 Å². The van der Waals surface area contributed by atoms with Gasteiger partial charge < -0.3 is 20.3 Å². The summed E-state index contributed by atoms with van der Waals surface area (Å²) in [7, 11) is 0. The number of aliphatic hydroxyl groups excluding tert-OH is 1. The third kappa shape index (κ3) is 7.64. The van der Waals surface area contributed by atoms with Crippen molar-refractivity contribution in [3.05, 3.63) is 70.8 Å². The molecule has 1 atom stereocenters. The van der Waals surface area contributed by atoms with Crippen molar-refractivity contribution in [2.45, 2.75) is 57.6 Å². The van der Waals surface area contributed by atoms with Crippen LogP contribution in [0.4, 0.5) is 8.78 Å². The number of aliphatic carboxylic acids is 1. The molecular weight excluding hydrogens is 440 g/mol. The fraction of sp³-hybridized carbons (Fsp3) is 0.444. The van der Waals surface area contributed by atoms with Gasteiger partial charge in [0.05, 0.1) is 0 Å². The van der Waals surface area contributed by atoms with Crippen molar-refractivity contribution in [3.63, 3.8) is 0 Å². The first-order valence-corrected chi connectivity index (χ1v) is 11.6. The minimum atomic E-state index is -1.12. The normalized spacial score (nSPS) is 15.0. The average Bonchev–Trinajstić information content (AvgIpc) is 3.18. The maximum absolute atomic E-state index is 14.1. The Morgan fingerprint density at radius 1 is 1.24 bits per heavy atom. The van der Waals surface area contributed by atoms with Crippen LogP contribution in [0.25, 0.3) is 6.08 Å². The summed E-state index contributed by atoms with van der Waals surface area (Å²) >= 11 is 0. The molecule has 3 rings (SSSR count). The van der Waals surface area contributed by atoms with E-state index in [1.807, 2.05) is 0 Å². The molecule has 0 amide bonds. The van der Waals surface area contributed by atoms with Gasteiger partial charge >= 0.3 is 5.97 Å². The van der Waals surface area contributed by atoms with Crippen molar-refractivity contribution in [1.29, 1.82) is 0 Å². The molecule has 0 fully saturated rings. The van der Waals surface area contributed by atoms with Crippen molar-refractivity contribution in [3.8, 4) is 5.75 Å². The van der Waals surface area contributed by atoms with E-state index in [9.17, 15) is 18.7 Å². The number of carbonyl (C=O) groups is 1. The first kappa shape index (κ1) is 25.8. The lowest BCUT2D eigenvalue weighted by Crippen LogP contribution is -2.46. The number of nitrogens with one attached hydrogen (secondary N) is 1. The first-order chi connectivity index (χ1) is 16.1. The molecule has 0 bridgehead atoms. The number of benzene rings is 2. The van der Waals surface area contributed by atoms with Crippen LogP contribution in [-0.2, 0) is 17.6 Å². The molecule has 0 radical (unpaired) electrons. The predicted octanol–water partition coefficient (Wildman–Crippen LogP) is 4.76. The second kappa shape index (κ2) is 11.6.